The van der Waals surface area contributed by atoms with Crippen LogP contribution in [0, 0.1) is 0 Å². The number of halogens is 2. The number of hydrogen-bond acceptors (Lipinski definition) is 5. The number of thiazole rings is 1. The Balaban J connectivity index is 1.66. The summed E-state index contributed by atoms with van der Waals surface area (Å²) >= 11 is 13.9. The average Bonchev–Trinajstić information content (AvgIpc) is 3.17. The molecule has 4 rings (SSSR count). The number of hydrogen-bond donors (Lipinski definition) is 0. The zero-order valence-corrected chi connectivity index (χ0v) is 19.1. The smallest absolute Gasteiger partial charge is 0.261 e. The van der Waals surface area contributed by atoms with Gasteiger partial charge in [-0.1, -0.05) is 47.5 Å². The molecule has 0 atom stereocenters. The van der Waals surface area contributed by atoms with Crippen molar-refractivity contribution in [2.24, 2.45) is 0 Å². The first-order valence-corrected chi connectivity index (χ1v) is 11.6. The summed E-state index contributed by atoms with van der Waals surface area (Å²) in [4.78, 5) is 22.3. The number of ether oxygens (including phenoxy) is 1. The number of nitrogens with zero attached hydrogens (tertiary/aromatic N) is 3. The minimum absolute atomic E-state index is 0.167. The molecule has 158 valence electrons. The number of aryl methyl sites for hydroxylation is 1. The van der Waals surface area contributed by atoms with Crippen LogP contribution in [0.2, 0.25) is 10.0 Å². The normalized spacial score (nSPS) is 14.9. The SMILES string of the molecule is CCc1ccc2nc(N(CCN3CCOCC3)C(=O)c3ccc(Cl)cc3Cl)sc2c1. The van der Waals surface area contributed by atoms with Crippen molar-refractivity contribution >= 4 is 55.8 Å². The zero-order valence-electron chi connectivity index (χ0n) is 16.7. The van der Waals surface area contributed by atoms with Gasteiger partial charge in [0.05, 0.1) is 34.0 Å². The van der Waals surface area contributed by atoms with Crippen molar-refractivity contribution in [3.63, 3.8) is 0 Å². The van der Waals surface area contributed by atoms with E-state index in [1.807, 2.05) is 6.07 Å². The number of carbonyl (C=O) groups is 1. The third-order valence-electron chi connectivity index (χ3n) is 5.23. The first-order chi connectivity index (χ1) is 14.5. The van der Waals surface area contributed by atoms with Gasteiger partial charge >= 0.3 is 0 Å². The predicted molar refractivity (Wildman–Crippen MR) is 124 cm³/mol. The highest BCUT2D eigenvalue weighted by molar-refractivity contribution is 7.22. The van der Waals surface area contributed by atoms with Crippen LogP contribution in [0.1, 0.15) is 22.8 Å². The summed E-state index contributed by atoms with van der Waals surface area (Å²) in [5.74, 6) is -0.167. The van der Waals surface area contributed by atoms with Crippen LogP contribution in [0.3, 0.4) is 0 Å². The number of rotatable bonds is 6. The lowest BCUT2D eigenvalue weighted by molar-refractivity contribution is 0.0391. The summed E-state index contributed by atoms with van der Waals surface area (Å²) in [6.45, 7) is 6.57. The van der Waals surface area contributed by atoms with Gasteiger partial charge in [-0.05, 0) is 42.3 Å². The van der Waals surface area contributed by atoms with Crippen LogP contribution in [-0.2, 0) is 11.2 Å². The van der Waals surface area contributed by atoms with E-state index in [0.29, 0.717) is 27.3 Å². The third-order valence-corrected chi connectivity index (χ3v) is 6.82. The van der Waals surface area contributed by atoms with Crippen LogP contribution in [-0.4, -0.2) is 55.2 Å². The maximum absolute atomic E-state index is 13.5. The zero-order chi connectivity index (χ0) is 21.1. The fourth-order valence-electron chi connectivity index (χ4n) is 3.45. The second kappa shape index (κ2) is 9.62. The number of anilines is 1. The molecule has 30 heavy (non-hydrogen) atoms. The molecule has 1 saturated heterocycles. The van der Waals surface area contributed by atoms with E-state index < -0.39 is 0 Å². The van der Waals surface area contributed by atoms with Gasteiger partial charge in [0.25, 0.3) is 5.91 Å². The van der Waals surface area contributed by atoms with Crippen LogP contribution >= 0.6 is 34.5 Å². The second-order valence-corrected chi connectivity index (χ2v) is 9.04. The Bertz CT molecular complexity index is 1050. The molecule has 2 heterocycles. The Kier molecular flexibility index (Phi) is 6.91. The molecule has 0 aliphatic carbocycles. The first kappa shape index (κ1) is 21.5. The number of aromatic nitrogens is 1. The van der Waals surface area contributed by atoms with E-state index in [1.54, 1.807) is 23.1 Å². The average molecular weight is 464 g/mol. The predicted octanol–water partition coefficient (Wildman–Crippen LogP) is 5.14. The monoisotopic (exact) mass is 463 g/mol. The summed E-state index contributed by atoms with van der Waals surface area (Å²) in [5, 5.41) is 1.53. The van der Waals surface area contributed by atoms with Crippen molar-refractivity contribution in [2.45, 2.75) is 13.3 Å². The number of fused-ring (bicyclic) bond motifs is 1. The van der Waals surface area contributed by atoms with Gasteiger partial charge in [0, 0.05) is 31.2 Å². The van der Waals surface area contributed by atoms with E-state index in [9.17, 15) is 4.79 Å². The molecule has 1 aliphatic rings. The second-order valence-electron chi connectivity index (χ2n) is 7.19. The van der Waals surface area contributed by atoms with Gasteiger partial charge in [-0.2, -0.15) is 0 Å². The van der Waals surface area contributed by atoms with Gasteiger partial charge in [0.1, 0.15) is 0 Å². The largest absolute Gasteiger partial charge is 0.379 e. The highest BCUT2D eigenvalue weighted by atomic mass is 35.5. The van der Waals surface area contributed by atoms with E-state index in [1.165, 1.54) is 16.9 Å². The van der Waals surface area contributed by atoms with Crippen LogP contribution < -0.4 is 4.90 Å². The van der Waals surface area contributed by atoms with Crippen LogP contribution in [0.5, 0.6) is 0 Å². The summed E-state index contributed by atoms with van der Waals surface area (Å²) < 4.78 is 6.51. The Morgan fingerprint density at radius 2 is 2.00 bits per heavy atom. The molecule has 0 radical (unpaired) electrons. The molecule has 0 unspecified atom stereocenters. The van der Waals surface area contributed by atoms with Gasteiger partial charge in [0.2, 0.25) is 0 Å². The fourth-order valence-corrected chi connectivity index (χ4v) is 4.99. The summed E-state index contributed by atoms with van der Waals surface area (Å²) in [7, 11) is 0. The van der Waals surface area contributed by atoms with Crippen molar-refractivity contribution in [1.82, 2.24) is 9.88 Å². The van der Waals surface area contributed by atoms with Gasteiger partial charge in [0.15, 0.2) is 5.13 Å². The quantitative estimate of drug-likeness (QED) is 0.507. The Morgan fingerprint density at radius 3 is 2.73 bits per heavy atom. The number of benzene rings is 2. The van der Waals surface area contributed by atoms with Crippen molar-refractivity contribution < 1.29 is 9.53 Å². The molecule has 0 saturated carbocycles. The highest BCUT2D eigenvalue weighted by Gasteiger charge is 2.24. The van der Waals surface area contributed by atoms with Crippen molar-refractivity contribution in [3.8, 4) is 0 Å². The van der Waals surface area contributed by atoms with E-state index in [2.05, 4.69) is 24.0 Å². The first-order valence-electron chi connectivity index (χ1n) is 10.0. The van der Waals surface area contributed by atoms with Gasteiger partial charge in [-0.25, -0.2) is 4.98 Å². The molecule has 1 aromatic heterocycles. The summed E-state index contributed by atoms with van der Waals surface area (Å²) in [6.07, 6.45) is 0.962. The van der Waals surface area contributed by atoms with Gasteiger partial charge < -0.3 is 4.74 Å². The van der Waals surface area contributed by atoms with Crippen LogP contribution in [0.4, 0.5) is 5.13 Å². The molecular weight excluding hydrogens is 441 g/mol. The lowest BCUT2D eigenvalue weighted by Gasteiger charge is -2.29. The van der Waals surface area contributed by atoms with E-state index >= 15 is 0 Å². The molecule has 0 bridgehead atoms. The lowest BCUT2D eigenvalue weighted by Crippen LogP contribution is -2.43. The summed E-state index contributed by atoms with van der Waals surface area (Å²) in [5.41, 5.74) is 2.58. The van der Waals surface area contributed by atoms with E-state index in [0.717, 1.165) is 49.5 Å². The lowest BCUT2D eigenvalue weighted by atomic mass is 10.2. The van der Waals surface area contributed by atoms with Crippen molar-refractivity contribution in [3.05, 3.63) is 57.6 Å². The van der Waals surface area contributed by atoms with Crippen LogP contribution in [0.15, 0.2) is 36.4 Å². The molecule has 0 spiro atoms. The number of morpholine rings is 1. The standard InChI is InChI=1S/C22H23Cl2N3O2S/c1-2-15-3-6-19-20(13-15)30-22(25-19)27(8-7-26-9-11-29-12-10-26)21(28)17-5-4-16(23)14-18(17)24/h3-6,13-14H,2,7-12H2,1H3. The molecule has 5 nitrogen and oxygen atoms in total. The Morgan fingerprint density at radius 1 is 1.20 bits per heavy atom. The third kappa shape index (κ3) is 4.79. The highest BCUT2D eigenvalue weighted by Crippen LogP contribution is 2.32. The maximum atomic E-state index is 13.5. The maximum Gasteiger partial charge on any atom is 0.261 e. The van der Waals surface area contributed by atoms with E-state index in [-0.39, 0.29) is 5.91 Å². The van der Waals surface area contributed by atoms with Crippen LogP contribution in [0.25, 0.3) is 10.2 Å². The fraction of sp³-hybridized carbons (Fsp3) is 0.364. The topological polar surface area (TPSA) is 45.7 Å². The molecule has 1 amide bonds. The molecule has 1 fully saturated rings. The Labute approximate surface area is 190 Å². The summed E-state index contributed by atoms with van der Waals surface area (Å²) in [6, 6.07) is 11.2. The Hall–Kier alpha value is -1.70. The van der Waals surface area contributed by atoms with E-state index in [4.69, 9.17) is 32.9 Å². The van der Waals surface area contributed by atoms with Gasteiger partial charge in [-0.15, -0.1) is 0 Å². The minimum Gasteiger partial charge on any atom is -0.379 e. The van der Waals surface area contributed by atoms with Gasteiger partial charge in [-0.3, -0.25) is 14.6 Å². The molecule has 0 N–H and O–H groups in total. The van der Waals surface area contributed by atoms with Crippen molar-refractivity contribution in [2.75, 3.05) is 44.3 Å². The molecule has 3 aromatic rings. The number of carbonyl (C=O) groups excluding carboxylic acids is 1. The molecule has 2 aromatic carbocycles. The molecular formula is C22H23Cl2N3O2S. The molecule has 1 aliphatic heterocycles. The molecule has 8 heteroatoms. The van der Waals surface area contributed by atoms with Crippen molar-refractivity contribution in [1.29, 1.82) is 0 Å². The number of amides is 1. The minimum atomic E-state index is -0.167.